The van der Waals surface area contributed by atoms with Crippen molar-refractivity contribution in [2.24, 2.45) is 0 Å². The normalized spacial score (nSPS) is 10.9. The van der Waals surface area contributed by atoms with Crippen molar-refractivity contribution in [1.29, 1.82) is 0 Å². The summed E-state index contributed by atoms with van der Waals surface area (Å²) >= 11 is 0. The van der Waals surface area contributed by atoms with Crippen molar-refractivity contribution in [3.05, 3.63) is 50.9 Å². The number of carbonyl (C=O) groups is 1. The number of amides is 1. The van der Waals surface area contributed by atoms with Gasteiger partial charge in [-0.15, -0.1) is 0 Å². The van der Waals surface area contributed by atoms with Crippen LogP contribution in [0.25, 0.3) is 5.95 Å². The molecule has 130 valence electrons. The molecule has 0 saturated heterocycles. The average molecular weight is 342 g/mol. The van der Waals surface area contributed by atoms with Crippen molar-refractivity contribution in [3.63, 3.8) is 0 Å². The molecule has 0 saturated carbocycles. The highest BCUT2D eigenvalue weighted by Crippen LogP contribution is 2.16. The van der Waals surface area contributed by atoms with E-state index in [1.54, 1.807) is 26.8 Å². The lowest BCUT2D eigenvalue weighted by Gasteiger charge is -2.09. The number of H-pyrrole nitrogens is 1. The smallest absolute Gasteiger partial charge is 0.279 e. The van der Waals surface area contributed by atoms with Crippen LogP contribution in [0.4, 0.5) is 5.82 Å². The second kappa shape index (κ2) is 6.34. The Bertz CT molecular complexity index is 998. The molecular weight excluding hydrogens is 324 g/mol. The van der Waals surface area contributed by atoms with Crippen LogP contribution in [0.2, 0.25) is 0 Å². The standard InChI is InChI=1S/C16H18N6O3/c1-5-11-10(4)17-16(19-14(11)23)22-13(6-8(2)20-22)18-15(24)12-7-9(3)25-21-12/h6-7H,5H2,1-4H3,(H,18,24)(H,17,19,23). The van der Waals surface area contributed by atoms with Gasteiger partial charge in [-0.2, -0.15) is 9.78 Å². The first-order chi connectivity index (χ1) is 11.9. The van der Waals surface area contributed by atoms with Gasteiger partial charge in [0.2, 0.25) is 5.95 Å². The number of carbonyl (C=O) groups excluding carboxylic acids is 1. The Hall–Kier alpha value is -3.23. The predicted octanol–water partition coefficient (Wildman–Crippen LogP) is 1.68. The van der Waals surface area contributed by atoms with Crippen molar-refractivity contribution in [2.45, 2.75) is 34.1 Å². The van der Waals surface area contributed by atoms with Crippen molar-refractivity contribution in [1.82, 2.24) is 24.9 Å². The van der Waals surface area contributed by atoms with Crippen molar-refractivity contribution >= 4 is 11.7 Å². The lowest BCUT2D eigenvalue weighted by atomic mass is 10.2. The molecule has 0 radical (unpaired) electrons. The lowest BCUT2D eigenvalue weighted by Crippen LogP contribution is -2.22. The van der Waals surface area contributed by atoms with Gasteiger partial charge in [0.15, 0.2) is 5.69 Å². The molecular formula is C16H18N6O3. The second-order valence-electron chi connectivity index (χ2n) is 5.67. The third kappa shape index (κ3) is 3.21. The molecule has 9 heteroatoms. The zero-order valence-electron chi connectivity index (χ0n) is 14.4. The topological polar surface area (TPSA) is 119 Å². The van der Waals surface area contributed by atoms with Gasteiger partial charge in [0, 0.05) is 23.4 Å². The summed E-state index contributed by atoms with van der Waals surface area (Å²) in [5.74, 6) is 0.697. The molecule has 0 spiro atoms. The maximum absolute atomic E-state index is 12.3. The van der Waals surface area contributed by atoms with Crippen LogP contribution >= 0.6 is 0 Å². The molecule has 25 heavy (non-hydrogen) atoms. The number of aromatic amines is 1. The van der Waals surface area contributed by atoms with E-state index in [9.17, 15) is 9.59 Å². The van der Waals surface area contributed by atoms with Crippen LogP contribution in [-0.2, 0) is 6.42 Å². The van der Waals surface area contributed by atoms with E-state index in [0.29, 0.717) is 35.0 Å². The van der Waals surface area contributed by atoms with Gasteiger partial charge in [-0.25, -0.2) is 4.98 Å². The van der Waals surface area contributed by atoms with Crippen molar-refractivity contribution in [3.8, 4) is 5.95 Å². The van der Waals surface area contributed by atoms with Crippen LogP contribution in [0, 0.1) is 20.8 Å². The third-order valence-electron chi connectivity index (χ3n) is 3.70. The van der Waals surface area contributed by atoms with E-state index in [2.05, 4.69) is 25.5 Å². The number of hydrogen-bond donors (Lipinski definition) is 2. The van der Waals surface area contributed by atoms with E-state index >= 15 is 0 Å². The fraction of sp³-hybridized carbons (Fsp3) is 0.312. The third-order valence-corrected chi connectivity index (χ3v) is 3.70. The summed E-state index contributed by atoms with van der Waals surface area (Å²) < 4.78 is 6.29. The van der Waals surface area contributed by atoms with Gasteiger partial charge >= 0.3 is 0 Å². The van der Waals surface area contributed by atoms with Crippen LogP contribution in [0.3, 0.4) is 0 Å². The number of nitrogens with one attached hydrogen (secondary N) is 2. The largest absolute Gasteiger partial charge is 0.361 e. The van der Waals surface area contributed by atoms with Crippen molar-refractivity contribution < 1.29 is 9.32 Å². The number of hydrogen-bond acceptors (Lipinski definition) is 6. The van der Waals surface area contributed by atoms with Gasteiger partial charge in [0.25, 0.3) is 11.5 Å². The first kappa shape index (κ1) is 16.6. The first-order valence-corrected chi connectivity index (χ1v) is 7.80. The number of anilines is 1. The maximum atomic E-state index is 12.3. The molecule has 0 unspecified atom stereocenters. The summed E-state index contributed by atoms with van der Waals surface area (Å²) in [5, 5.41) is 10.7. The SMILES string of the molecule is CCc1c(C)nc(-n2nc(C)cc2NC(=O)c2cc(C)on2)[nH]c1=O. The molecule has 9 nitrogen and oxygen atoms in total. The van der Waals surface area contributed by atoms with Gasteiger partial charge in [-0.3, -0.25) is 14.6 Å². The number of nitrogens with zero attached hydrogens (tertiary/aromatic N) is 4. The van der Waals surface area contributed by atoms with Gasteiger partial charge in [-0.05, 0) is 27.2 Å². The van der Waals surface area contributed by atoms with Crippen LogP contribution in [0.5, 0.6) is 0 Å². The molecule has 3 aromatic rings. The number of aryl methyl sites for hydroxylation is 3. The van der Waals surface area contributed by atoms with Crippen molar-refractivity contribution in [2.75, 3.05) is 5.32 Å². The fourth-order valence-electron chi connectivity index (χ4n) is 2.52. The molecule has 0 aliphatic heterocycles. The highest BCUT2D eigenvalue weighted by molar-refractivity contribution is 6.02. The summed E-state index contributed by atoms with van der Waals surface area (Å²) in [6, 6.07) is 3.21. The van der Waals surface area contributed by atoms with Crippen LogP contribution in [0.1, 0.15) is 40.1 Å². The van der Waals surface area contributed by atoms with E-state index in [0.717, 1.165) is 0 Å². The van der Waals surface area contributed by atoms with Gasteiger partial charge < -0.3 is 9.84 Å². The Morgan fingerprint density at radius 1 is 1.32 bits per heavy atom. The summed E-state index contributed by atoms with van der Waals surface area (Å²) in [4.78, 5) is 31.6. The molecule has 2 N–H and O–H groups in total. The summed E-state index contributed by atoms with van der Waals surface area (Å²) in [6.07, 6.45) is 0.585. The fourth-order valence-corrected chi connectivity index (χ4v) is 2.52. The molecule has 3 aromatic heterocycles. The lowest BCUT2D eigenvalue weighted by molar-refractivity contribution is 0.101. The first-order valence-electron chi connectivity index (χ1n) is 7.80. The molecule has 0 bridgehead atoms. The zero-order valence-corrected chi connectivity index (χ0v) is 14.4. The van der Waals surface area contributed by atoms with E-state index in [1.165, 1.54) is 10.7 Å². The molecule has 0 aliphatic rings. The van der Waals surface area contributed by atoms with Gasteiger partial charge in [0.1, 0.15) is 11.6 Å². The number of aromatic nitrogens is 5. The zero-order chi connectivity index (χ0) is 18.1. The highest BCUT2D eigenvalue weighted by Gasteiger charge is 2.17. The minimum Gasteiger partial charge on any atom is -0.361 e. The minimum absolute atomic E-state index is 0.155. The van der Waals surface area contributed by atoms with Gasteiger partial charge in [-0.1, -0.05) is 12.1 Å². The molecule has 3 heterocycles. The molecule has 0 aromatic carbocycles. The molecule has 3 rings (SSSR count). The van der Waals surface area contributed by atoms with Crippen LogP contribution < -0.4 is 10.9 Å². The number of rotatable bonds is 4. The Morgan fingerprint density at radius 2 is 2.08 bits per heavy atom. The Morgan fingerprint density at radius 3 is 2.68 bits per heavy atom. The molecule has 0 fully saturated rings. The monoisotopic (exact) mass is 342 g/mol. The van der Waals surface area contributed by atoms with E-state index < -0.39 is 5.91 Å². The average Bonchev–Trinajstić information content (AvgIpc) is 3.13. The van der Waals surface area contributed by atoms with Crippen LogP contribution in [0.15, 0.2) is 21.5 Å². The quantitative estimate of drug-likeness (QED) is 0.744. The second-order valence-corrected chi connectivity index (χ2v) is 5.67. The summed E-state index contributed by atoms with van der Waals surface area (Å²) in [7, 11) is 0. The maximum Gasteiger partial charge on any atom is 0.279 e. The van der Waals surface area contributed by atoms with E-state index in [1.807, 2.05) is 6.92 Å². The Kier molecular flexibility index (Phi) is 4.22. The van der Waals surface area contributed by atoms with E-state index in [-0.39, 0.29) is 17.2 Å². The summed E-state index contributed by atoms with van der Waals surface area (Å²) in [5.41, 5.74) is 1.84. The summed E-state index contributed by atoms with van der Waals surface area (Å²) in [6.45, 7) is 7.13. The molecule has 1 amide bonds. The van der Waals surface area contributed by atoms with E-state index in [4.69, 9.17) is 4.52 Å². The minimum atomic E-state index is -0.442. The van der Waals surface area contributed by atoms with Gasteiger partial charge in [0.05, 0.1) is 5.69 Å². The molecule has 0 atom stereocenters. The molecule has 0 aliphatic carbocycles. The Balaban J connectivity index is 1.99. The predicted molar refractivity (Wildman–Crippen MR) is 90.0 cm³/mol. The Labute approximate surface area is 143 Å². The van der Waals surface area contributed by atoms with Crippen LogP contribution in [-0.4, -0.2) is 30.8 Å². The highest BCUT2D eigenvalue weighted by atomic mass is 16.5.